The molecule has 0 unspecified atom stereocenters. The van der Waals surface area contributed by atoms with E-state index in [1.54, 1.807) is 11.3 Å². The molecule has 0 spiro atoms. The van der Waals surface area contributed by atoms with Gasteiger partial charge in [-0.05, 0) is 49.9 Å². The van der Waals surface area contributed by atoms with Crippen LogP contribution >= 0.6 is 11.3 Å². The maximum absolute atomic E-state index is 4.96. The third-order valence-corrected chi connectivity index (χ3v) is 6.51. The van der Waals surface area contributed by atoms with Crippen LogP contribution in [0.15, 0.2) is 42.6 Å². The zero-order valence-corrected chi connectivity index (χ0v) is 15.1. The van der Waals surface area contributed by atoms with Gasteiger partial charge in [0.25, 0.3) is 0 Å². The fourth-order valence-electron chi connectivity index (χ4n) is 3.92. The Morgan fingerprint density at radius 1 is 1.08 bits per heavy atom. The van der Waals surface area contributed by atoms with Gasteiger partial charge < -0.3 is 5.32 Å². The predicted molar refractivity (Wildman–Crippen MR) is 105 cm³/mol. The minimum Gasteiger partial charge on any atom is -0.359 e. The first kappa shape index (κ1) is 14.7. The number of benzene rings is 1. The summed E-state index contributed by atoms with van der Waals surface area (Å²) in [7, 11) is 0. The molecule has 2 fully saturated rings. The Kier molecular flexibility index (Phi) is 3.11. The summed E-state index contributed by atoms with van der Waals surface area (Å²) in [6, 6.07) is 13.4. The molecule has 130 valence electrons. The molecule has 0 atom stereocenters. The first-order chi connectivity index (χ1) is 12.8. The molecule has 26 heavy (non-hydrogen) atoms. The normalized spacial score (nSPS) is 22.6. The first-order valence-corrected chi connectivity index (χ1v) is 10.1. The van der Waals surface area contributed by atoms with Crippen molar-refractivity contribution in [2.24, 2.45) is 0 Å². The van der Waals surface area contributed by atoms with Gasteiger partial charge in [-0.2, -0.15) is 5.10 Å². The number of anilines is 1. The quantitative estimate of drug-likeness (QED) is 0.571. The number of hydrogen-bond donors (Lipinski definition) is 1. The Morgan fingerprint density at radius 3 is 2.81 bits per heavy atom. The van der Waals surface area contributed by atoms with Crippen LogP contribution in [0, 0.1) is 0 Å². The molecule has 1 aromatic carbocycles. The zero-order valence-electron chi connectivity index (χ0n) is 14.3. The van der Waals surface area contributed by atoms with Crippen LogP contribution in [0.3, 0.4) is 0 Å². The lowest BCUT2D eigenvalue weighted by atomic mass is 9.87. The van der Waals surface area contributed by atoms with Crippen LogP contribution in [-0.2, 0) is 0 Å². The van der Waals surface area contributed by atoms with Crippen LogP contribution in [0.5, 0.6) is 0 Å². The number of rotatable bonds is 4. The smallest absolute Gasteiger partial charge is 0.184 e. The van der Waals surface area contributed by atoms with E-state index in [-0.39, 0.29) is 0 Å². The second-order valence-electron chi connectivity index (χ2n) is 7.43. The predicted octanol–water partition coefficient (Wildman–Crippen LogP) is 4.73. The summed E-state index contributed by atoms with van der Waals surface area (Å²) in [5.74, 6) is 0.652. The molecular formula is C20H19N5S. The van der Waals surface area contributed by atoms with E-state index in [2.05, 4.69) is 39.2 Å². The number of fused-ring (bicyclic) bond motifs is 2. The third kappa shape index (κ3) is 2.32. The fraction of sp³-hybridized carbons (Fsp3) is 0.350. The second-order valence-corrected chi connectivity index (χ2v) is 8.46. The lowest BCUT2D eigenvalue weighted by Crippen LogP contribution is -2.37. The van der Waals surface area contributed by atoms with Crippen LogP contribution in [-0.4, -0.2) is 25.8 Å². The van der Waals surface area contributed by atoms with Crippen molar-refractivity contribution in [2.45, 2.75) is 43.7 Å². The van der Waals surface area contributed by atoms with Gasteiger partial charge in [0.1, 0.15) is 0 Å². The van der Waals surface area contributed by atoms with Crippen molar-refractivity contribution in [3.05, 3.63) is 48.3 Å². The highest BCUT2D eigenvalue weighted by Crippen LogP contribution is 2.44. The summed E-state index contributed by atoms with van der Waals surface area (Å²) in [4.78, 5) is 9.31. The van der Waals surface area contributed by atoms with E-state index in [1.807, 2.05) is 18.3 Å². The molecule has 4 aromatic rings. The third-order valence-electron chi connectivity index (χ3n) is 5.54. The molecule has 3 heterocycles. The van der Waals surface area contributed by atoms with Crippen molar-refractivity contribution in [3.63, 3.8) is 0 Å². The average molecular weight is 361 g/mol. The van der Waals surface area contributed by atoms with Gasteiger partial charge in [-0.3, -0.25) is 0 Å². The minimum absolute atomic E-state index is 0.437. The van der Waals surface area contributed by atoms with E-state index in [0.29, 0.717) is 18.0 Å². The van der Waals surface area contributed by atoms with Gasteiger partial charge in [0.15, 0.2) is 10.8 Å². The number of thiazole rings is 1. The summed E-state index contributed by atoms with van der Waals surface area (Å²) in [6.45, 7) is 0. The van der Waals surface area contributed by atoms with E-state index in [9.17, 15) is 0 Å². The zero-order chi connectivity index (χ0) is 17.1. The Morgan fingerprint density at radius 2 is 1.96 bits per heavy atom. The molecule has 1 N–H and O–H groups in total. The maximum Gasteiger partial charge on any atom is 0.184 e. The van der Waals surface area contributed by atoms with Gasteiger partial charge in [-0.25, -0.2) is 14.6 Å². The topological polar surface area (TPSA) is 55.6 Å². The van der Waals surface area contributed by atoms with E-state index >= 15 is 0 Å². The Bertz CT molecular complexity index is 1070. The van der Waals surface area contributed by atoms with E-state index in [0.717, 1.165) is 29.1 Å². The van der Waals surface area contributed by atoms with Crippen molar-refractivity contribution in [2.75, 3.05) is 5.32 Å². The minimum atomic E-state index is 0.437. The number of hydrogen-bond acceptors (Lipinski definition) is 5. The lowest BCUT2D eigenvalue weighted by Gasteiger charge is -2.35. The van der Waals surface area contributed by atoms with Gasteiger partial charge in [0, 0.05) is 23.5 Å². The van der Waals surface area contributed by atoms with Gasteiger partial charge in [0.05, 0.1) is 22.0 Å². The summed E-state index contributed by atoms with van der Waals surface area (Å²) < 4.78 is 3.42. The van der Waals surface area contributed by atoms with Gasteiger partial charge in [-0.1, -0.05) is 23.5 Å². The van der Waals surface area contributed by atoms with E-state index in [4.69, 9.17) is 10.1 Å². The molecule has 6 heteroatoms. The van der Waals surface area contributed by atoms with Crippen LogP contribution in [0.2, 0.25) is 0 Å². The molecule has 5 nitrogen and oxygen atoms in total. The molecule has 6 rings (SSSR count). The lowest BCUT2D eigenvalue weighted by molar-refractivity contribution is 0.266. The highest BCUT2D eigenvalue weighted by molar-refractivity contribution is 7.22. The summed E-state index contributed by atoms with van der Waals surface area (Å²) in [6.07, 6.45) is 6.58. The highest BCUT2D eigenvalue weighted by atomic mass is 32.1. The second kappa shape index (κ2) is 5.51. The standard InChI is InChI=1S/C20H19N5S/c1-2-6-17-16(5-1)23-20(26-17)22-13-10-14(11-13)25-19-15(4-3-9-21-19)18(24-25)12-7-8-12/h1-6,9,12-14H,7-8,10-11H2,(H,22,23)/t13-,14-. The fourth-order valence-corrected chi connectivity index (χ4v) is 4.87. The molecular weight excluding hydrogens is 342 g/mol. The van der Waals surface area contributed by atoms with Crippen molar-refractivity contribution in [1.29, 1.82) is 0 Å². The number of aromatic nitrogens is 4. The molecule has 3 aromatic heterocycles. The Labute approximate surface area is 155 Å². The largest absolute Gasteiger partial charge is 0.359 e. The molecule has 0 amide bonds. The van der Waals surface area contributed by atoms with E-state index < -0.39 is 0 Å². The number of nitrogens with zero attached hydrogens (tertiary/aromatic N) is 4. The monoisotopic (exact) mass is 361 g/mol. The highest BCUT2D eigenvalue weighted by Gasteiger charge is 2.36. The van der Waals surface area contributed by atoms with Gasteiger partial charge in [-0.15, -0.1) is 0 Å². The van der Waals surface area contributed by atoms with Crippen molar-refractivity contribution >= 4 is 37.7 Å². The van der Waals surface area contributed by atoms with Crippen LogP contribution in [0.1, 0.15) is 43.3 Å². The van der Waals surface area contributed by atoms with Crippen molar-refractivity contribution in [3.8, 4) is 0 Å². The van der Waals surface area contributed by atoms with Gasteiger partial charge >= 0.3 is 0 Å². The Hall–Kier alpha value is -2.47. The number of pyridine rings is 1. The molecule has 0 aliphatic heterocycles. The number of nitrogens with one attached hydrogen (secondary N) is 1. The molecule has 2 aliphatic carbocycles. The SMILES string of the molecule is c1ccc2sc(N[C@H]3C[C@H](n4nc(C5CC5)c5cccnc54)C3)nc2c1. The maximum atomic E-state index is 4.96. The summed E-state index contributed by atoms with van der Waals surface area (Å²) in [5, 5.41) is 10.8. The summed E-state index contributed by atoms with van der Waals surface area (Å²) >= 11 is 1.73. The first-order valence-electron chi connectivity index (χ1n) is 9.30. The van der Waals surface area contributed by atoms with Crippen LogP contribution in [0.25, 0.3) is 21.3 Å². The Balaban J connectivity index is 1.22. The van der Waals surface area contributed by atoms with Crippen molar-refractivity contribution < 1.29 is 0 Å². The van der Waals surface area contributed by atoms with Crippen molar-refractivity contribution in [1.82, 2.24) is 19.7 Å². The number of para-hydroxylation sites is 1. The molecule has 2 saturated carbocycles. The molecule has 0 radical (unpaired) electrons. The van der Waals surface area contributed by atoms with Gasteiger partial charge in [0.2, 0.25) is 0 Å². The van der Waals surface area contributed by atoms with Crippen LogP contribution < -0.4 is 5.32 Å². The average Bonchev–Trinajstić information content (AvgIpc) is 3.28. The molecule has 0 saturated heterocycles. The molecule has 2 aliphatic rings. The van der Waals surface area contributed by atoms with E-state index in [1.165, 1.54) is 28.6 Å². The molecule has 0 bridgehead atoms. The summed E-state index contributed by atoms with van der Waals surface area (Å²) in [5.41, 5.74) is 3.39. The van der Waals surface area contributed by atoms with Crippen LogP contribution in [0.4, 0.5) is 5.13 Å².